The molecule has 44 heavy (non-hydrogen) atoms. The second kappa shape index (κ2) is 9.90. The molecule has 0 amide bonds. The Morgan fingerprint density at radius 2 is 1.20 bits per heavy atom. The van der Waals surface area contributed by atoms with E-state index < -0.39 is 0 Å². The molecule has 0 aliphatic carbocycles. The van der Waals surface area contributed by atoms with E-state index in [4.69, 9.17) is 19.9 Å². The van der Waals surface area contributed by atoms with Crippen molar-refractivity contribution < 1.29 is 0 Å². The Bertz CT molecular complexity index is 2430. The molecule has 0 unspecified atom stereocenters. The zero-order chi connectivity index (χ0) is 29.0. The minimum atomic E-state index is 0.550. The molecule has 7 heteroatoms. The SMILES string of the molecule is c1ccc(-c2nc(-c3ccccc3)nc(-n3c4cc5sc6ccccc6c5cc4c4nc(-c5cccnc5)ccc43)n2)cc1. The molecule has 0 atom stereocenters. The van der Waals surface area contributed by atoms with E-state index in [1.807, 2.05) is 85.1 Å². The number of pyridine rings is 2. The molecule has 0 saturated heterocycles. The van der Waals surface area contributed by atoms with Gasteiger partial charge in [-0.15, -0.1) is 11.3 Å². The molecule has 0 aliphatic rings. The fourth-order valence-corrected chi connectivity index (χ4v) is 7.00. The number of hydrogen-bond donors (Lipinski definition) is 0. The van der Waals surface area contributed by atoms with Crippen LogP contribution in [0.5, 0.6) is 0 Å². The zero-order valence-corrected chi connectivity index (χ0v) is 24.1. The molecule has 9 rings (SSSR count). The zero-order valence-electron chi connectivity index (χ0n) is 23.3. The Morgan fingerprint density at radius 3 is 1.93 bits per heavy atom. The van der Waals surface area contributed by atoms with Crippen molar-refractivity contribution in [3.05, 3.63) is 134 Å². The van der Waals surface area contributed by atoms with E-state index in [1.54, 1.807) is 17.5 Å². The predicted molar refractivity (Wildman–Crippen MR) is 179 cm³/mol. The van der Waals surface area contributed by atoms with Crippen LogP contribution in [-0.2, 0) is 0 Å². The van der Waals surface area contributed by atoms with E-state index in [0.29, 0.717) is 17.6 Å². The van der Waals surface area contributed by atoms with Crippen LogP contribution in [0.15, 0.2) is 134 Å². The molecule has 9 aromatic rings. The first kappa shape index (κ1) is 24.8. The van der Waals surface area contributed by atoms with Crippen molar-refractivity contribution in [2.24, 2.45) is 0 Å². The topological polar surface area (TPSA) is 69.4 Å². The summed E-state index contributed by atoms with van der Waals surface area (Å²) in [6.45, 7) is 0. The number of benzene rings is 4. The first-order valence-corrected chi connectivity index (χ1v) is 15.2. The number of nitrogens with zero attached hydrogens (tertiary/aromatic N) is 6. The van der Waals surface area contributed by atoms with Gasteiger partial charge in [0.2, 0.25) is 5.95 Å². The van der Waals surface area contributed by atoms with Crippen LogP contribution < -0.4 is 0 Å². The third kappa shape index (κ3) is 3.98. The smallest absolute Gasteiger partial charge is 0.238 e. The highest BCUT2D eigenvalue weighted by Gasteiger charge is 2.21. The average Bonchev–Trinajstić information content (AvgIpc) is 3.62. The summed E-state index contributed by atoms with van der Waals surface area (Å²) in [4.78, 5) is 24.6. The first-order chi connectivity index (χ1) is 21.8. The lowest BCUT2D eigenvalue weighted by Gasteiger charge is -2.11. The molecule has 6 nitrogen and oxygen atoms in total. The lowest BCUT2D eigenvalue weighted by molar-refractivity contribution is 0.953. The van der Waals surface area contributed by atoms with Gasteiger partial charge in [-0.05, 0) is 42.5 Å². The van der Waals surface area contributed by atoms with Crippen molar-refractivity contribution in [2.45, 2.75) is 0 Å². The highest BCUT2D eigenvalue weighted by Crippen LogP contribution is 2.40. The van der Waals surface area contributed by atoms with E-state index in [9.17, 15) is 0 Å². The predicted octanol–water partition coefficient (Wildman–Crippen LogP) is 9.13. The van der Waals surface area contributed by atoms with Gasteiger partial charge >= 0.3 is 0 Å². The monoisotopic (exact) mass is 582 g/mol. The van der Waals surface area contributed by atoms with E-state index in [2.05, 4.69) is 52.0 Å². The molecular weight excluding hydrogens is 561 g/mol. The quantitative estimate of drug-likeness (QED) is 0.207. The second-order valence-corrected chi connectivity index (χ2v) is 11.7. The van der Waals surface area contributed by atoms with Crippen molar-refractivity contribution in [1.82, 2.24) is 29.5 Å². The number of aromatic nitrogens is 6. The maximum atomic E-state index is 5.22. The van der Waals surface area contributed by atoms with Gasteiger partial charge < -0.3 is 0 Å². The lowest BCUT2D eigenvalue weighted by Crippen LogP contribution is -2.06. The summed E-state index contributed by atoms with van der Waals surface area (Å²) in [5.74, 6) is 1.79. The number of hydrogen-bond acceptors (Lipinski definition) is 6. The Kier molecular flexibility index (Phi) is 5.57. The lowest BCUT2D eigenvalue weighted by atomic mass is 10.1. The van der Waals surface area contributed by atoms with Gasteiger partial charge in [-0.3, -0.25) is 9.55 Å². The van der Waals surface area contributed by atoms with Gasteiger partial charge in [0.1, 0.15) is 0 Å². The van der Waals surface area contributed by atoms with Crippen molar-refractivity contribution in [3.63, 3.8) is 0 Å². The fourth-order valence-electron chi connectivity index (χ4n) is 5.88. The summed E-state index contributed by atoms with van der Waals surface area (Å²) in [6.07, 6.45) is 3.63. The molecule has 0 aliphatic heterocycles. The van der Waals surface area contributed by atoms with E-state index in [1.165, 1.54) is 20.2 Å². The minimum Gasteiger partial charge on any atom is -0.276 e. The summed E-state index contributed by atoms with van der Waals surface area (Å²) in [5, 5.41) is 3.51. The van der Waals surface area contributed by atoms with Crippen LogP contribution >= 0.6 is 11.3 Å². The van der Waals surface area contributed by atoms with Gasteiger partial charge in [0.25, 0.3) is 0 Å². The highest BCUT2D eigenvalue weighted by atomic mass is 32.1. The Hall–Kier alpha value is -5.79. The maximum Gasteiger partial charge on any atom is 0.238 e. The van der Waals surface area contributed by atoms with Crippen LogP contribution in [0.1, 0.15) is 0 Å². The van der Waals surface area contributed by atoms with Crippen molar-refractivity contribution in [2.75, 3.05) is 0 Å². The number of thiophene rings is 1. The molecule has 4 aromatic carbocycles. The molecule has 0 radical (unpaired) electrons. The largest absolute Gasteiger partial charge is 0.276 e. The van der Waals surface area contributed by atoms with Gasteiger partial charge in [-0.1, -0.05) is 78.9 Å². The van der Waals surface area contributed by atoms with E-state index in [0.717, 1.165) is 44.3 Å². The molecule has 5 heterocycles. The standard InChI is InChI=1S/C37H22N6S/c1-3-10-23(11-4-1)35-40-36(24-12-5-2-6-13-24)42-37(41-35)43-30-18-17-29(25-14-9-19-38-22-25)39-34(30)28-20-27-26-15-7-8-16-32(26)44-33(27)21-31(28)43/h1-22H. The van der Waals surface area contributed by atoms with Gasteiger partial charge in [-0.2, -0.15) is 9.97 Å². The Morgan fingerprint density at radius 1 is 0.500 bits per heavy atom. The maximum absolute atomic E-state index is 5.22. The molecule has 0 saturated carbocycles. The van der Waals surface area contributed by atoms with Crippen LogP contribution in [0.25, 0.3) is 82.1 Å². The summed E-state index contributed by atoms with van der Waals surface area (Å²) in [5.41, 5.74) is 6.51. The van der Waals surface area contributed by atoms with Crippen molar-refractivity contribution in [3.8, 4) is 40.0 Å². The molecule has 0 fully saturated rings. The molecule has 206 valence electrons. The first-order valence-electron chi connectivity index (χ1n) is 14.3. The second-order valence-electron chi connectivity index (χ2n) is 10.6. The average molecular weight is 583 g/mol. The molecule has 0 bridgehead atoms. The van der Waals surface area contributed by atoms with Crippen LogP contribution in [0.2, 0.25) is 0 Å². The third-order valence-corrected chi connectivity index (χ3v) is 9.08. The van der Waals surface area contributed by atoms with Crippen molar-refractivity contribution in [1.29, 1.82) is 0 Å². The van der Waals surface area contributed by atoms with Crippen LogP contribution in [0.4, 0.5) is 0 Å². The van der Waals surface area contributed by atoms with E-state index in [-0.39, 0.29) is 0 Å². The van der Waals surface area contributed by atoms with Gasteiger partial charge in [0, 0.05) is 54.6 Å². The van der Waals surface area contributed by atoms with Crippen molar-refractivity contribution >= 4 is 53.4 Å². The summed E-state index contributed by atoms with van der Waals surface area (Å²) < 4.78 is 4.60. The molecule has 5 aromatic heterocycles. The summed E-state index contributed by atoms with van der Waals surface area (Å²) in [7, 11) is 0. The van der Waals surface area contributed by atoms with Crippen LogP contribution in [0, 0.1) is 0 Å². The highest BCUT2D eigenvalue weighted by molar-refractivity contribution is 7.25. The van der Waals surface area contributed by atoms with Crippen LogP contribution in [0.3, 0.4) is 0 Å². The third-order valence-electron chi connectivity index (χ3n) is 7.95. The van der Waals surface area contributed by atoms with Crippen LogP contribution in [-0.4, -0.2) is 29.5 Å². The fraction of sp³-hybridized carbons (Fsp3) is 0. The molecule has 0 N–H and O–H groups in total. The number of fused-ring (bicyclic) bond motifs is 6. The minimum absolute atomic E-state index is 0.550. The summed E-state index contributed by atoms with van der Waals surface area (Å²) in [6, 6.07) is 41.4. The van der Waals surface area contributed by atoms with Gasteiger partial charge in [0.05, 0.1) is 22.2 Å². The van der Waals surface area contributed by atoms with Gasteiger partial charge in [0.15, 0.2) is 11.6 Å². The molecular formula is C37H22N6S. The summed E-state index contributed by atoms with van der Waals surface area (Å²) >= 11 is 1.80. The normalized spacial score (nSPS) is 11.6. The number of rotatable bonds is 4. The van der Waals surface area contributed by atoms with E-state index >= 15 is 0 Å². The Labute approximate surface area is 256 Å². The molecule has 0 spiro atoms. The Balaban J connectivity index is 1.39. The van der Waals surface area contributed by atoms with Gasteiger partial charge in [-0.25, -0.2) is 9.97 Å².